The average molecular weight is 258 g/mol. The Morgan fingerprint density at radius 1 is 1.06 bits per heavy atom. The highest BCUT2D eigenvalue weighted by molar-refractivity contribution is 6.32. The van der Waals surface area contributed by atoms with Crippen molar-refractivity contribution in [1.29, 1.82) is 0 Å². The van der Waals surface area contributed by atoms with Gasteiger partial charge in [-0.1, -0.05) is 29.8 Å². The third kappa shape index (κ3) is 1.85. The number of para-hydroxylation sites is 1. The van der Waals surface area contributed by atoms with Gasteiger partial charge >= 0.3 is 0 Å². The summed E-state index contributed by atoms with van der Waals surface area (Å²) in [4.78, 5) is 3.38. The smallest absolute Gasteiger partial charge is 0.137 e. The van der Waals surface area contributed by atoms with Gasteiger partial charge in [0.1, 0.15) is 5.75 Å². The molecule has 0 aliphatic rings. The van der Waals surface area contributed by atoms with E-state index in [1.807, 2.05) is 30.3 Å². The van der Waals surface area contributed by atoms with Crippen molar-refractivity contribution in [3.8, 4) is 17.0 Å². The number of halogens is 1. The van der Waals surface area contributed by atoms with Gasteiger partial charge in [0.2, 0.25) is 0 Å². The maximum atomic E-state index is 6.14. The molecule has 1 N–H and O–H groups in total. The molecular weight excluding hydrogens is 246 g/mol. The Bertz CT molecular complexity index is 670. The van der Waals surface area contributed by atoms with Crippen molar-refractivity contribution < 1.29 is 4.74 Å². The van der Waals surface area contributed by atoms with Crippen molar-refractivity contribution >= 4 is 22.5 Å². The molecule has 0 amide bonds. The molecule has 0 saturated heterocycles. The van der Waals surface area contributed by atoms with Crippen LogP contribution in [0.3, 0.4) is 0 Å². The fourth-order valence-corrected chi connectivity index (χ4v) is 2.32. The lowest BCUT2D eigenvalue weighted by molar-refractivity contribution is 0.415. The first kappa shape index (κ1) is 11.2. The second-order valence-corrected chi connectivity index (χ2v) is 4.53. The van der Waals surface area contributed by atoms with Crippen molar-refractivity contribution in [2.24, 2.45) is 0 Å². The highest BCUT2D eigenvalue weighted by atomic mass is 35.5. The number of rotatable bonds is 2. The fraction of sp³-hybridized carbons (Fsp3) is 0.0667. The first-order valence-corrected chi connectivity index (χ1v) is 6.07. The second-order valence-electron chi connectivity index (χ2n) is 4.12. The Morgan fingerprint density at radius 3 is 2.61 bits per heavy atom. The van der Waals surface area contributed by atoms with Crippen LogP contribution in [0, 0.1) is 0 Å². The molecule has 3 heteroatoms. The SMILES string of the molecule is COc1ccc(-c2cc3ccccc3[nH]2)cc1Cl. The Kier molecular flexibility index (Phi) is 2.73. The summed E-state index contributed by atoms with van der Waals surface area (Å²) in [5, 5.41) is 1.81. The third-order valence-corrected chi connectivity index (χ3v) is 3.29. The first-order chi connectivity index (χ1) is 8.78. The van der Waals surface area contributed by atoms with Crippen LogP contribution in [0.4, 0.5) is 0 Å². The van der Waals surface area contributed by atoms with Gasteiger partial charge in [0.25, 0.3) is 0 Å². The van der Waals surface area contributed by atoms with Gasteiger partial charge in [-0.25, -0.2) is 0 Å². The number of H-pyrrole nitrogens is 1. The summed E-state index contributed by atoms with van der Waals surface area (Å²) < 4.78 is 5.15. The predicted molar refractivity (Wildman–Crippen MR) is 75.3 cm³/mol. The van der Waals surface area contributed by atoms with Crippen LogP contribution in [0.2, 0.25) is 5.02 Å². The number of ether oxygens (including phenoxy) is 1. The van der Waals surface area contributed by atoms with E-state index in [9.17, 15) is 0 Å². The maximum Gasteiger partial charge on any atom is 0.137 e. The van der Waals surface area contributed by atoms with Crippen LogP contribution < -0.4 is 4.74 Å². The van der Waals surface area contributed by atoms with E-state index >= 15 is 0 Å². The molecule has 2 aromatic carbocycles. The highest BCUT2D eigenvalue weighted by Gasteiger charge is 2.06. The molecule has 0 radical (unpaired) electrons. The van der Waals surface area contributed by atoms with Gasteiger partial charge in [-0.3, -0.25) is 0 Å². The molecule has 0 aliphatic carbocycles. The van der Waals surface area contributed by atoms with Gasteiger partial charge in [0.05, 0.1) is 12.1 Å². The van der Waals surface area contributed by atoms with Crippen LogP contribution in [-0.2, 0) is 0 Å². The van der Waals surface area contributed by atoms with Crippen molar-refractivity contribution in [3.05, 3.63) is 53.6 Å². The van der Waals surface area contributed by atoms with E-state index in [4.69, 9.17) is 16.3 Å². The number of benzene rings is 2. The number of nitrogens with one attached hydrogen (secondary N) is 1. The Morgan fingerprint density at radius 2 is 1.89 bits per heavy atom. The Hall–Kier alpha value is -1.93. The predicted octanol–water partition coefficient (Wildman–Crippen LogP) is 4.50. The number of methoxy groups -OCH3 is 1. The highest BCUT2D eigenvalue weighted by Crippen LogP contribution is 2.31. The standard InChI is InChI=1S/C15H12ClNO/c1-18-15-7-6-11(8-12(15)16)14-9-10-4-2-3-5-13(10)17-14/h2-9,17H,1H3. The van der Waals surface area contributed by atoms with E-state index in [-0.39, 0.29) is 0 Å². The van der Waals surface area contributed by atoms with Crippen molar-refractivity contribution in [1.82, 2.24) is 4.98 Å². The van der Waals surface area contributed by atoms with Gasteiger partial charge in [0.15, 0.2) is 0 Å². The lowest BCUT2D eigenvalue weighted by atomic mass is 10.1. The molecule has 0 spiro atoms. The summed E-state index contributed by atoms with van der Waals surface area (Å²) in [5.41, 5.74) is 3.23. The van der Waals surface area contributed by atoms with Crippen LogP contribution in [0.1, 0.15) is 0 Å². The minimum absolute atomic E-state index is 0.619. The number of hydrogen-bond donors (Lipinski definition) is 1. The molecule has 0 unspecified atom stereocenters. The lowest BCUT2D eigenvalue weighted by Crippen LogP contribution is -1.84. The van der Waals surface area contributed by atoms with E-state index in [1.54, 1.807) is 7.11 Å². The van der Waals surface area contributed by atoms with Crippen molar-refractivity contribution in [2.45, 2.75) is 0 Å². The van der Waals surface area contributed by atoms with Crippen molar-refractivity contribution in [3.63, 3.8) is 0 Å². The van der Waals surface area contributed by atoms with Crippen LogP contribution in [0.5, 0.6) is 5.75 Å². The summed E-state index contributed by atoms with van der Waals surface area (Å²) in [5.74, 6) is 0.691. The minimum Gasteiger partial charge on any atom is -0.495 e. The van der Waals surface area contributed by atoms with E-state index in [0.29, 0.717) is 10.8 Å². The lowest BCUT2D eigenvalue weighted by Gasteiger charge is -2.04. The molecule has 1 aromatic heterocycles. The third-order valence-electron chi connectivity index (χ3n) is 2.99. The summed E-state index contributed by atoms with van der Waals surface area (Å²) in [6, 6.07) is 16.1. The largest absolute Gasteiger partial charge is 0.495 e. The van der Waals surface area contributed by atoms with Crippen LogP contribution in [-0.4, -0.2) is 12.1 Å². The van der Waals surface area contributed by atoms with Gasteiger partial charge in [-0.15, -0.1) is 0 Å². The summed E-state index contributed by atoms with van der Waals surface area (Å²) in [7, 11) is 1.61. The molecule has 2 nitrogen and oxygen atoms in total. The van der Waals surface area contributed by atoms with Gasteiger partial charge in [-0.2, -0.15) is 0 Å². The first-order valence-electron chi connectivity index (χ1n) is 5.69. The van der Waals surface area contributed by atoms with Crippen LogP contribution >= 0.6 is 11.6 Å². The second kappa shape index (κ2) is 4.39. The molecular formula is C15H12ClNO. The van der Waals surface area contributed by atoms with E-state index in [1.165, 1.54) is 5.39 Å². The number of hydrogen-bond acceptors (Lipinski definition) is 1. The molecule has 3 aromatic rings. The van der Waals surface area contributed by atoms with Crippen molar-refractivity contribution in [2.75, 3.05) is 7.11 Å². The molecule has 3 rings (SSSR count). The van der Waals surface area contributed by atoms with Crippen LogP contribution in [0.25, 0.3) is 22.2 Å². The topological polar surface area (TPSA) is 25.0 Å². The van der Waals surface area contributed by atoms with E-state index in [2.05, 4.69) is 23.2 Å². The van der Waals surface area contributed by atoms with E-state index < -0.39 is 0 Å². The summed E-state index contributed by atoms with van der Waals surface area (Å²) >= 11 is 6.14. The Balaban J connectivity index is 2.11. The zero-order chi connectivity index (χ0) is 12.5. The molecule has 0 aliphatic heterocycles. The molecule has 0 fully saturated rings. The normalized spacial score (nSPS) is 10.8. The van der Waals surface area contributed by atoms with E-state index in [0.717, 1.165) is 16.8 Å². The maximum absolute atomic E-state index is 6.14. The fourth-order valence-electron chi connectivity index (χ4n) is 2.06. The monoisotopic (exact) mass is 257 g/mol. The summed E-state index contributed by atoms with van der Waals surface area (Å²) in [6.45, 7) is 0. The zero-order valence-corrected chi connectivity index (χ0v) is 10.7. The van der Waals surface area contributed by atoms with Gasteiger partial charge in [0, 0.05) is 16.6 Å². The number of aromatic nitrogens is 1. The molecule has 90 valence electrons. The molecule has 18 heavy (non-hydrogen) atoms. The molecule has 0 saturated carbocycles. The molecule has 1 heterocycles. The van der Waals surface area contributed by atoms with Gasteiger partial charge in [-0.05, 0) is 35.9 Å². The summed E-state index contributed by atoms with van der Waals surface area (Å²) in [6.07, 6.45) is 0. The zero-order valence-electron chi connectivity index (χ0n) is 9.91. The number of fused-ring (bicyclic) bond motifs is 1. The minimum atomic E-state index is 0.619. The molecule has 0 bridgehead atoms. The van der Waals surface area contributed by atoms with Crippen LogP contribution in [0.15, 0.2) is 48.5 Å². The molecule has 0 atom stereocenters. The number of aromatic amines is 1. The Labute approximate surface area is 110 Å². The average Bonchev–Trinajstić information content (AvgIpc) is 2.82. The van der Waals surface area contributed by atoms with Gasteiger partial charge < -0.3 is 9.72 Å². The quantitative estimate of drug-likeness (QED) is 0.719.